The van der Waals surface area contributed by atoms with E-state index in [-0.39, 0.29) is 23.7 Å². The van der Waals surface area contributed by atoms with Gasteiger partial charge in [0.1, 0.15) is 12.4 Å². The van der Waals surface area contributed by atoms with E-state index in [0.717, 1.165) is 18.5 Å². The van der Waals surface area contributed by atoms with Crippen molar-refractivity contribution in [2.45, 2.75) is 66.2 Å². The summed E-state index contributed by atoms with van der Waals surface area (Å²) in [5.41, 5.74) is 2.46. The van der Waals surface area contributed by atoms with Crippen molar-refractivity contribution in [1.82, 2.24) is 0 Å². The molecule has 0 saturated carbocycles. The number of halogens is 2. The molecule has 0 amide bonds. The number of Topliss-reactive ketones (excluding diaryl/α,β-unsaturated/α-hetero) is 2. The predicted octanol–water partition coefficient (Wildman–Crippen LogP) is 6.67. The van der Waals surface area contributed by atoms with Crippen LogP contribution in [0.4, 0.5) is 5.69 Å². The largest absolute Gasteiger partial charge is 0.491 e. The molecule has 6 nitrogen and oxygen atoms in total. The van der Waals surface area contributed by atoms with Gasteiger partial charge in [-0.05, 0) is 45.4 Å². The van der Waals surface area contributed by atoms with Crippen molar-refractivity contribution in [3.63, 3.8) is 0 Å². The molecule has 1 aliphatic rings. The molecule has 0 heterocycles. The molecule has 0 bridgehead atoms. The Morgan fingerprint density at radius 1 is 0.865 bits per heavy atom. The fraction of sp³-hybridized carbons (Fsp3) is 0.552. The topological polar surface area (TPSA) is 72.9 Å². The number of allylic oxidation sites excluding steroid dienone is 3. The highest BCUT2D eigenvalue weighted by Gasteiger charge is 2.28. The van der Waals surface area contributed by atoms with E-state index in [4.69, 9.17) is 32.7 Å². The van der Waals surface area contributed by atoms with Crippen LogP contribution in [-0.4, -0.2) is 55.6 Å². The van der Waals surface area contributed by atoms with Crippen molar-refractivity contribution < 1.29 is 23.9 Å². The van der Waals surface area contributed by atoms with Crippen LogP contribution in [0.15, 0.2) is 40.5 Å². The van der Waals surface area contributed by atoms with Gasteiger partial charge in [-0.25, -0.2) is 4.79 Å². The molecule has 0 aromatic heterocycles. The number of rotatable bonds is 16. The standard InChI is InChI=1S/C29H39Cl2NO5/c1-5-6-7-8-9-10-17-36-26-18-23(11-12-25(26)32(15-13-30)16-14-31)29(35)37-19-24-22(4)27(33)20(2)21(3)28(24)34/h11-12,18H,5-10,13-17,19H2,1-4H3. The van der Waals surface area contributed by atoms with Gasteiger partial charge in [-0.15, -0.1) is 23.2 Å². The van der Waals surface area contributed by atoms with Crippen LogP contribution in [0.3, 0.4) is 0 Å². The molecule has 0 spiro atoms. The second-order valence-corrected chi connectivity index (χ2v) is 10.0. The molecule has 0 N–H and O–H groups in total. The van der Waals surface area contributed by atoms with Crippen LogP contribution < -0.4 is 9.64 Å². The highest BCUT2D eigenvalue weighted by atomic mass is 35.5. The zero-order chi connectivity index (χ0) is 27.4. The first kappa shape index (κ1) is 30.9. The highest BCUT2D eigenvalue weighted by molar-refractivity contribution is 6.24. The van der Waals surface area contributed by atoms with Gasteiger partial charge < -0.3 is 14.4 Å². The molecule has 0 fully saturated rings. The van der Waals surface area contributed by atoms with Gasteiger partial charge in [0.2, 0.25) is 0 Å². The number of ether oxygens (including phenoxy) is 2. The summed E-state index contributed by atoms with van der Waals surface area (Å²) in [5, 5.41) is 0. The second kappa shape index (κ2) is 15.8. The normalized spacial score (nSPS) is 13.9. The van der Waals surface area contributed by atoms with Crippen molar-refractivity contribution in [2.75, 3.05) is 43.0 Å². The van der Waals surface area contributed by atoms with Gasteiger partial charge in [0, 0.05) is 47.1 Å². The van der Waals surface area contributed by atoms with Crippen molar-refractivity contribution in [3.8, 4) is 5.75 Å². The maximum atomic E-state index is 12.9. The number of anilines is 1. The molecule has 0 saturated heterocycles. The first-order valence-electron chi connectivity index (χ1n) is 13.0. The Labute approximate surface area is 231 Å². The minimum absolute atomic E-state index is 0.198. The maximum absolute atomic E-state index is 12.9. The Morgan fingerprint density at radius 2 is 1.49 bits per heavy atom. The number of hydrogen-bond acceptors (Lipinski definition) is 6. The van der Waals surface area contributed by atoms with E-state index in [1.807, 2.05) is 11.0 Å². The van der Waals surface area contributed by atoms with Crippen LogP contribution in [0.5, 0.6) is 5.75 Å². The van der Waals surface area contributed by atoms with E-state index in [0.29, 0.717) is 59.5 Å². The summed E-state index contributed by atoms with van der Waals surface area (Å²) in [6, 6.07) is 5.13. The quantitative estimate of drug-likeness (QED) is 0.0987. The molecule has 1 aliphatic carbocycles. The summed E-state index contributed by atoms with van der Waals surface area (Å²) in [7, 11) is 0. The minimum Gasteiger partial charge on any atom is -0.491 e. The monoisotopic (exact) mass is 551 g/mol. The molecule has 1 aromatic carbocycles. The number of ketones is 2. The summed E-state index contributed by atoms with van der Waals surface area (Å²) in [5.74, 6) is 0.349. The number of esters is 1. The molecular weight excluding hydrogens is 513 g/mol. The van der Waals surface area contributed by atoms with Crippen molar-refractivity contribution in [2.24, 2.45) is 0 Å². The van der Waals surface area contributed by atoms with E-state index in [1.54, 1.807) is 32.9 Å². The van der Waals surface area contributed by atoms with Gasteiger partial charge in [-0.2, -0.15) is 0 Å². The molecular formula is C29H39Cl2NO5. The van der Waals surface area contributed by atoms with Crippen molar-refractivity contribution in [1.29, 1.82) is 0 Å². The fourth-order valence-electron chi connectivity index (χ4n) is 4.19. The minimum atomic E-state index is -0.596. The van der Waals surface area contributed by atoms with Crippen LogP contribution in [0, 0.1) is 0 Å². The number of hydrogen-bond donors (Lipinski definition) is 0. The average Bonchev–Trinajstić information content (AvgIpc) is 2.90. The Kier molecular flexibility index (Phi) is 13.2. The van der Waals surface area contributed by atoms with Crippen LogP contribution >= 0.6 is 23.2 Å². The van der Waals surface area contributed by atoms with Gasteiger partial charge >= 0.3 is 5.97 Å². The molecule has 0 radical (unpaired) electrons. The summed E-state index contributed by atoms with van der Waals surface area (Å²) < 4.78 is 11.6. The van der Waals surface area contributed by atoms with E-state index in [1.165, 1.54) is 25.7 Å². The van der Waals surface area contributed by atoms with Gasteiger partial charge in [-0.3, -0.25) is 9.59 Å². The first-order chi connectivity index (χ1) is 17.8. The molecule has 8 heteroatoms. The second-order valence-electron chi connectivity index (χ2n) is 9.25. The smallest absolute Gasteiger partial charge is 0.338 e. The lowest BCUT2D eigenvalue weighted by Gasteiger charge is -2.26. The lowest BCUT2D eigenvalue weighted by atomic mass is 9.86. The van der Waals surface area contributed by atoms with Gasteiger partial charge in [0.15, 0.2) is 11.6 Å². The number of unbranched alkanes of at least 4 members (excludes halogenated alkanes) is 5. The highest BCUT2D eigenvalue weighted by Crippen LogP contribution is 2.31. The average molecular weight is 553 g/mol. The number of alkyl halides is 2. The first-order valence-corrected chi connectivity index (χ1v) is 14.1. The third-order valence-corrected chi connectivity index (χ3v) is 7.00. The van der Waals surface area contributed by atoms with Gasteiger partial charge in [0.05, 0.1) is 17.9 Å². The zero-order valence-electron chi connectivity index (χ0n) is 22.5. The molecule has 1 aromatic rings. The van der Waals surface area contributed by atoms with E-state index < -0.39 is 5.97 Å². The lowest BCUT2D eigenvalue weighted by Crippen LogP contribution is -2.28. The molecule has 0 aliphatic heterocycles. The van der Waals surface area contributed by atoms with E-state index in [9.17, 15) is 14.4 Å². The molecule has 0 unspecified atom stereocenters. The fourth-order valence-corrected chi connectivity index (χ4v) is 4.60. The summed E-state index contributed by atoms with van der Waals surface area (Å²) in [6.07, 6.45) is 6.84. The number of carbonyl (C=O) groups is 3. The van der Waals surface area contributed by atoms with Crippen molar-refractivity contribution >= 4 is 46.4 Å². The van der Waals surface area contributed by atoms with E-state index >= 15 is 0 Å². The zero-order valence-corrected chi connectivity index (χ0v) is 24.0. The lowest BCUT2D eigenvalue weighted by molar-refractivity contribution is -0.116. The molecule has 0 atom stereocenters. The van der Waals surface area contributed by atoms with E-state index in [2.05, 4.69) is 6.92 Å². The SMILES string of the molecule is CCCCCCCCOc1cc(C(=O)OCC2=C(C)C(=O)C(C)=C(C)C2=O)ccc1N(CCCl)CCCl. The predicted molar refractivity (Wildman–Crippen MR) is 150 cm³/mol. The Morgan fingerprint density at radius 3 is 2.14 bits per heavy atom. The Balaban J connectivity index is 2.17. The van der Waals surface area contributed by atoms with Crippen molar-refractivity contribution in [3.05, 3.63) is 46.1 Å². The van der Waals surface area contributed by atoms with Gasteiger partial charge in [-0.1, -0.05) is 39.0 Å². The van der Waals surface area contributed by atoms with Gasteiger partial charge in [0.25, 0.3) is 0 Å². The number of benzene rings is 1. The summed E-state index contributed by atoms with van der Waals surface area (Å²) >= 11 is 12.0. The molecule has 204 valence electrons. The summed E-state index contributed by atoms with van der Waals surface area (Å²) in [6.45, 7) is 8.46. The molecule has 2 rings (SSSR count). The summed E-state index contributed by atoms with van der Waals surface area (Å²) in [4.78, 5) is 40.0. The maximum Gasteiger partial charge on any atom is 0.338 e. The Bertz CT molecular complexity index is 1030. The molecule has 37 heavy (non-hydrogen) atoms. The van der Waals surface area contributed by atoms with Crippen LogP contribution in [0.2, 0.25) is 0 Å². The third kappa shape index (κ3) is 8.61. The van der Waals surface area contributed by atoms with Crippen LogP contribution in [-0.2, 0) is 14.3 Å². The third-order valence-electron chi connectivity index (χ3n) is 6.66. The van der Waals surface area contributed by atoms with Crippen LogP contribution in [0.25, 0.3) is 0 Å². The Hall–Kier alpha value is -2.31. The number of carbonyl (C=O) groups excluding carboxylic acids is 3. The number of nitrogens with zero attached hydrogens (tertiary/aromatic N) is 1. The van der Waals surface area contributed by atoms with Crippen LogP contribution in [0.1, 0.15) is 76.6 Å².